The molecule has 0 bridgehead atoms. The molecule has 11 nitrogen and oxygen atoms in total. The number of nitrogens with one attached hydrogen (secondary N) is 1. The summed E-state index contributed by atoms with van der Waals surface area (Å²) in [6.07, 6.45) is 22.1. The van der Waals surface area contributed by atoms with Gasteiger partial charge in [0.05, 0.1) is 13.2 Å². The third kappa shape index (κ3) is 23.3. The van der Waals surface area contributed by atoms with E-state index in [-0.39, 0.29) is 12.8 Å². The van der Waals surface area contributed by atoms with E-state index in [0.717, 1.165) is 38.5 Å². The van der Waals surface area contributed by atoms with Crippen LogP contribution in [0, 0.1) is 0 Å². The summed E-state index contributed by atoms with van der Waals surface area (Å²) in [5, 5.41) is 21.2. The van der Waals surface area contributed by atoms with Crippen LogP contribution in [-0.2, 0) is 32.7 Å². The van der Waals surface area contributed by atoms with E-state index in [9.17, 15) is 34.1 Å². The Labute approximate surface area is 237 Å². The largest absolute Gasteiger partial charge is 0.480 e. The van der Waals surface area contributed by atoms with E-state index in [1.807, 2.05) is 6.08 Å². The van der Waals surface area contributed by atoms with Gasteiger partial charge in [0, 0.05) is 12.8 Å². The van der Waals surface area contributed by atoms with Crippen LogP contribution in [0.25, 0.3) is 0 Å². The van der Waals surface area contributed by atoms with Crippen molar-refractivity contribution in [2.24, 2.45) is 0 Å². The van der Waals surface area contributed by atoms with Crippen LogP contribution >= 0.6 is 7.82 Å². The first-order valence-corrected chi connectivity index (χ1v) is 15.2. The van der Waals surface area contributed by atoms with Gasteiger partial charge in [-0.2, -0.15) is 0 Å². The molecule has 0 aromatic carbocycles. The van der Waals surface area contributed by atoms with E-state index in [4.69, 9.17) is 4.74 Å². The third-order valence-electron chi connectivity index (χ3n) is 5.10. The van der Waals surface area contributed by atoms with Crippen LogP contribution in [0.3, 0.4) is 0 Å². The molecule has 0 aromatic rings. The second-order valence-electron chi connectivity index (χ2n) is 8.85. The molecule has 0 saturated heterocycles. The molecule has 12 heteroatoms. The van der Waals surface area contributed by atoms with Crippen molar-refractivity contribution in [3.8, 4) is 0 Å². The highest BCUT2D eigenvalue weighted by Gasteiger charge is 2.28. The normalized spacial score (nSPS) is 15.1. The van der Waals surface area contributed by atoms with Crippen molar-refractivity contribution >= 4 is 25.7 Å². The van der Waals surface area contributed by atoms with Gasteiger partial charge in [-0.25, -0.2) is 9.36 Å². The Hall–Kier alpha value is -2.56. The Morgan fingerprint density at radius 1 is 0.825 bits per heavy atom. The molecule has 4 N–H and O–H groups in total. The quantitative estimate of drug-likeness (QED) is 0.0535. The molecule has 0 fully saturated rings. The van der Waals surface area contributed by atoms with E-state index < -0.39 is 57.6 Å². The lowest BCUT2D eigenvalue weighted by Crippen LogP contribution is -2.43. The fourth-order valence-electron chi connectivity index (χ4n) is 2.99. The van der Waals surface area contributed by atoms with Gasteiger partial charge in [0.15, 0.2) is 6.04 Å². The van der Waals surface area contributed by atoms with E-state index >= 15 is 0 Å². The molecule has 0 aromatic heterocycles. The number of carbonyl (C=O) groups is 3. The minimum absolute atomic E-state index is 0.0908. The average Bonchev–Trinajstić information content (AvgIpc) is 2.91. The molecule has 0 aliphatic heterocycles. The zero-order valence-electron chi connectivity index (χ0n) is 23.6. The van der Waals surface area contributed by atoms with Crippen molar-refractivity contribution in [1.29, 1.82) is 0 Å². The molecular formula is C28H46NO10P. The van der Waals surface area contributed by atoms with Gasteiger partial charge >= 0.3 is 19.8 Å². The predicted molar refractivity (Wildman–Crippen MR) is 152 cm³/mol. The zero-order valence-corrected chi connectivity index (χ0v) is 24.5. The van der Waals surface area contributed by atoms with Crippen LogP contribution in [-0.4, -0.2) is 64.9 Å². The Bertz CT molecular complexity index is 884. The number of unbranched alkanes of at least 4 members (excludes halogenated alkanes) is 2. The molecule has 0 heterocycles. The molecule has 228 valence electrons. The number of carboxylic acid groups (broad SMARTS) is 1. The summed E-state index contributed by atoms with van der Waals surface area (Å²) in [5.41, 5.74) is 0. The van der Waals surface area contributed by atoms with Crippen LogP contribution in [0.4, 0.5) is 0 Å². The number of carbonyl (C=O) groups excluding carboxylic acids is 2. The minimum atomic E-state index is -4.73. The molecule has 0 aliphatic rings. The number of phosphoric ester groups is 1. The van der Waals surface area contributed by atoms with Gasteiger partial charge in [0.25, 0.3) is 0 Å². The Balaban J connectivity index is 4.15. The van der Waals surface area contributed by atoms with E-state index in [1.165, 1.54) is 0 Å². The fraction of sp³-hybridized carbons (Fsp3) is 0.607. The first-order valence-electron chi connectivity index (χ1n) is 13.7. The first kappa shape index (κ1) is 37.4. The number of aliphatic hydroxyl groups excluding tert-OH is 1. The predicted octanol–water partition coefficient (Wildman–Crippen LogP) is 4.76. The van der Waals surface area contributed by atoms with Gasteiger partial charge in [-0.05, 0) is 51.4 Å². The summed E-state index contributed by atoms with van der Waals surface area (Å²) in [6, 6.07) is -1.56. The molecule has 3 atom stereocenters. The standard InChI is InChI=1S/C28H46NO10P/c1-3-5-6-7-8-9-10-11-12-13-14-15-16-17-18-20-26(31)29-25(28(33)34)23-39-40(35,36)38-22-24(30)21-37-27(32)19-4-2/h5-6,8-9,11-12,14-15,24-25,30H,3-4,7,10,13,16-23H2,1-2H3,(H,29,31)(H,33,34)(H,35,36)/b6-5-,9-8-,12-11-,15-14-. The van der Waals surface area contributed by atoms with Crippen molar-refractivity contribution in [2.75, 3.05) is 19.8 Å². The van der Waals surface area contributed by atoms with Gasteiger partial charge in [-0.3, -0.25) is 18.6 Å². The van der Waals surface area contributed by atoms with Gasteiger partial charge in [-0.1, -0.05) is 62.5 Å². The van der Waals surface area contributed by atoms with Gasteiger partial charge in [0.1, 0.15) is 12.7 Å². The monoisotopic (exact) mass is 587 g/mol. The molecule has 1 amide bonds. The van der Waals surface area contributed by atoms with Crippen molar-refractivity contribution in [3.05, 3.63) is 48.6 Å². The van der Waals surface area contributed by atoms with Crippen LogP contribution in [0.2, 0.25) is 0 Å². The topological polar surface area (TPSA) is 169 Å². The molecule has 0 rings (SSSR count). The number of rotatable bonds is 24. The summed E-state index contributed by atoms with van der Waals surface area (Å²) in [4.78, 5) is 44.5. The van der Waals surface area contributed by atoms with E-state index in [1.54, 1.807) is 6.92 Å². The highest BCUT2D eigenvalue weighted by Crippen LogP contribution is 2.43. The highest BCUT2D eigenvalue weighted by atomic mass is 31.2. The van der Waals surface area contributed by atoms with Crippen LogP contribution in [0.15, 0.2) is 48.6 Å². The van der Waals surface area contributed by atoms with E-state index in [2.05, 4.69) is 63.8 Å². The number of amides is 1. The third-order valence-corrected chi connectivity index (χ3v) is 6.05. The Morgan fingerprint density at radius 2 is 1.40 bits per heavy atom. The summed E-state index contributed by atoms with van der Waals surface area (Å²) in [7, 11) is -4.73. The van der Waals surface area contributed by atoms with Crippen LogP contribution in [0.1, 0.15) is 78.1 Å². The highest BCUT2D eigenvalue weighted by molar-refractivity contribution is 7.47. The molecule has 40 heavy (non-hydrogen) atoms. The average molecular weight is 588 g/mol. The number of carboxylic acids is 1. The SMILES string of the molecule is CC/C=C\C/C=C\C/C=C\C/C=C\CCCCC(=O)NC(COP(=O)(O)OCC(O)COC(=O)CCC)C(=O)O. The lowest BCUT2D eigenvalue weighted by Gasteiger charge is -2.18. The lowest BCUT2D eigenvalue weighted by molar-refractivity contribution is -0.147. The summed E-state index contributed by atoms with van der Waals surface area (Å²) < 4.78 is 26.0. The molecule has 0 radical (unpaired) electrons. The van der Waals surface area contributed by atoms with Gasteiger partial charge in [-0.15, -0.1) is 0 Å². The summed E-state index contributed by atoms with van der Waals surface area (Å²) in [5.74, 6) is -2.50. The number of ether oxygens (including phenoxy) is 1. The number of aliphatic carboxylic acids is 1. The van der Waals surface area contributed by atoms with Crippen molar-refractivity contribution in [1.82, 2.24) is 5.32 Å². The second-order valence-corrected chi connectivity index (χ2v) is 10.3. The van der Waals surface area contributed by atoms with E-state index in [0.29, 0.717) is 12.8 Å². The molecule has 0 aliphatic carbocycles. The molecule has 0 saturated carbocycles. The molecule has 3 unspecified atom stereocenters. The molecular weight excluding hydrogens is 541 g/mol. The number of hydrogen-bond donors (Lipinski definition) is 4. The Kier molecular flexibility index (Phi) is 22.7. The first-order chi connectivity index (χ1) is 19.1. The van der Waals surface area contributed by atoms with Gasteiger partial charge in [0.2, 0.25) is 5.91 Å². The lowest BCUT2D eigenvalue weighted by atomic mass is 10.1. The Morgan fingerprint density at radius 3 is 1.98 bits per heavy atom. The smallest absolute Gasteiger partial charge is 0.472 e. The van der Waals surface area contributed by atoms with Crippen LogP contribution in [0.5, 0.6) is 0 Å². The van der Waals surface area contributed by atoms with Crippen LogP contribution < -0.4 is 5.32 Å². The fourth-order valence-corrected chi connectivity index (χ4v) is 3.76. The summed E-state index contributed by atoms with van der Waals surface area (Å²) in [6.45, 7) is 1.95. The number of allylic oxidation sites excluding steroid dienone is 8. The number of aliphatic hydroxyl groups is 1. The number of hydrogen-bond acceptors (Lipinski definition) is 8. The molecule has 0 spiro atoms. The maximum absolute atomic E-state index is 12.1. The second kappa shape index (κ2) is 24.3. The summed E-state index contributed by atoms with van der Waals surface area (Å²) >= 11 is 0. The van der Waals surface area contributed by atoms with Crippen molar-refractivity contribution in [2.45, 2.75) is 90.2 Å². The number of esters is 1. The maximum Gasteiger partial charge on any atom is 0.472 e. The minimum Gasteiger partial charge on any atom is -0.480 e. The van der Waals surface area contributed by atoms with Gasteiger partial charge < -0.3 is 25.2 Å². The zero-order chi connectivity index (χ0) is 30.1. The van der Waals surface area contributed by atoms with Crippen molar-refractivity contribution < 1.29 is 47.8 Å². The number of phosphoric acid groups is 1. The maximum atomic E-state index is 12.1. The van der Waals surface area contributed by atoms with Crippen molar-refractivity contribution in [3.63, 3.8) is 0 Å².